The number of unbranched alkanes of at least 4 members (excludes halogenated alkanes) is 1. The number of hydrogen-bond acceptors (Lipinski definition) is 7. The summed E-state index contributed by atoms with van der Waals surface area (Å²) >= 11 is 0.965. The first-order valence-electron chi connectivity index (χ1n) is 11.1. The molecule has 11 heteroatoms. The Bertz CT molecular complexity index is 1120. The first kappa shape index (κ1) is 23.0. The van der Waals surface area contributed by atoms with Crippen molar-refractivity contribution in [3.05, 3.63) is 35.5 Å². The van der Waals surface area contributed by atoms with E-state index in [2.05, 4.69) is 25.0 Å². The number of nitrogens with one attached hydrogen (secondary N) is 2. The highest BCUT2D eigenvalue weighted by Crippen LogP contribution is 2.31. The molecule has 0 spiro atoms. The normalized spacial score (nSPS) is 14.0. The number of aryl methyl sites for hydroxylation is 1. The van der Waals surface area contributed by atoms with E-state index >= 15 is 0 Å². The van der Waals surface area contributed by atoms with Crippen LogP contribution in [0.5, 0.6) is 5.88 Å². The number of nitrogens with zero attached hydrogens (tertiary/aromatic N) is 4. The Hall–Kier alpha value is -3.18. The number of likely N-dealkylation sites (tertiary alicyclic amines) is 1. The number of amides is 3. The molecule has 0 bridgehead atoms. The maximum Gasteiger partial charge on any atom is 0.319 e. The van der Waals surface area contributed by atoms with Gasteiger partial charge in [-0.2, -0.15) is 9.47 Å². The summed E-state index contributed by atoms with van der Waals surface area (Å²) in [4.78, 5) is 26.8. The van der Waals surface area contributed by atoms with Gasteiger partial charge in [0.1, 0.15) is 17.2 Å². The lowest BCUT2D eigenvalue weighted by molar-refractivity contribution is 0.0996. The van der Waals surface area contributed by atoms with E-state index in [0.29, 0.717) is 6.54 Å². The molecule has 0 saturated carbocycles. The molecule has 1 aromatic carbocycles. The molecular formula is C22H29N7O3S. The molecule has 3 heterocycles. The second kappa shape index (κ2) is 10.6. The summed E-state index contributed by atoms with van der Waals surface area (Å²) in [7, 11) is 1.87. The lowest BCUT2D eigenvalue weighted by atomic mass is 10.1. The zero-order chi connectivity index (χ0) is 23.2. The van der Waals surface area contributed by atoms with Gasteiger partial charge in [-0.1, -0.05) is 12.1 Å². The van der Waals surface area contributed by atoms with Crippen LogP contribution in [0.1, 0.15) is 41.6 Å². The van der Waals surface area contributed by atoms with E-state index in [1.165, 1.54) is 25.9 Å². The number of nitrogens with two attached hydrogens (primary N) is 1. The van der Waals surface area contributed by atoms with Gasteiger partial charge >= 0.3 is 6.03 Å². The number of fused-ring (bicyclic) bond motifs is 1. The Labute approximate surface area is 196 Å². The Balaban J connectivity index is 1.31. The molecule has 1 saturated heterocycles. The second-order valence-corrected chi connectivity index (χ2v) is 8.87. The fourth-order valence-corrected chi connectivity index (χ4v) is 4.74. The van der Waals surface area contributed by atoms with Crippen LogP contribution < -0.4 is 21.1 Å². The highest BCUT2D eigenvalue weighted by Gasteiger charge is 2.22. The Kier molecular flexibility index (Phi) is 7.40. The highest BCUT2D eigenvalue weighted by atomic mass is 32.1. The number of anilines is 1. The summed E-state index contributed by atoms with van der Waals surface area (Å²) in [6, 6.07) is 5.42. The third-order valence-electron chi connectivity index (χ3n) is 5.77. The quantitative estimate of drug-likeness (QED) is 0.390. The van der Waals surface area contributed by atoms with Gasteiger partial charge in [-0.25, -0.2) is 4.79 Å². The van der Waals surface area contributed by atoms with Crippen molar-refractivity contribution >= 4 is 39.4 Å². The van der Waals surface area contributed by atoms with Gasteiger partial charge in [0.2, 0.25) is 5.88 Å². The van der Waals surface area contributed by atoms with Gasteiger partial charge in [0.05, 0.1) is 11.7 Å². The monoisotopic (exact) mass is 471 g/mol. The number of hydrogen-bond donors (Lipinski definition) is 3. The SMILES string of the molecule is Cn1ncc2c(COc3nsc(NC(=O)NCCCCN4CCCC4)c3C(N)=O)cccc21. The number of carbonyl (C=O) groups excluding carboxylic acids is 2. The Morgan fingerprint density at radius 2 is 2.06 bits per heavy atom. The number of rotatable bonds is 10. The van der Waals surface area contributed by atoms with Gasteiger partial charge in [-0.15, -0.1) is 0 Å². The van der Waals surface area contributed by atoms with Crippen molar-refractivity contribution in [3.63, 3.8) is 0 Å². The zero-order valence-corrected chi connectivity index (χ0v) is 19.5. The smallest absolute Gasteiger partial charge is 0.319 e. The molecule has 0 unspecified atom stereocenters. The minimum Gasteiger partial charge on any atom is -0.472 e. The maximum absolute atomic E-state index is 12.3. The van der Waals surface area contributed by atoms with Crippen LogP contribution >= 0.6 is 11.5 Å². The molecule has 3 aromatic rings. The molecular weight excluding hydrogens is 442 g/mol. The van der Waals surface area contributed by atoms with Crippen LogP contribution in [0.15, 0.2) is 24.4 Å². The first-order chi connectivity index (χ1) is 16.0. The summed E-state index contributed by atoms with van der Waals surface area (Å²) in [5.41, 5.74) is 7.51. The van der Waals surface area contributed by atoms with Crippen molar-refractivity contribution in [1.82, 2.24) is 24.4 Å². The van der Waals surface area contributed by atoms with E-state index in [0.717, 1.165) is 47.4 Å². The van der Waals surface area contributed by atoms with Crippen LogP contribution in [0.2, 0.25) is 0 Å². The first-order valence-corrected chi connectivity index (χ1v) is 11.9. The number of carbonyl (C=O) groups is 2. The molecule has 0 radical (unpaired) electrons. The molecule has 4 rings (SSSR count). The van der Waals surface area contributed by atoms with Gasteiger partial charge in [-0.3, -0.25) is 14.8 Å². The van der Waals surface area contributed by atoms with Gasteiger partial charge < -0.3 is 20.7 Å². The van der Waals surface area contributed by atoms with Crippen LogP contribution in [0, 0.1) is 0 Å². The number of primary amides is 1. The fraction of sp³-hybridized carbons (Fsp3) is 0.455. The molecule has 2 aromatic heterocycles. The minimum absolute atomic E-state index is 0.0718. The third kappa shape index (κ3) is 5.60. The van der Waals surface area contributed by atoms with E-state index in [9.17, 15) is 9.59 Å². The summed E-state index contributed by atoms with van der Waals surface area (Å²) in [5.74, 6) is -0.603. The molecule has 1 aliphatic rings. The molecule has 0 aliphatic carbocycles. The van der Waals surface area contributed by atoms with E-state index in [1.54, 1.807) is 10.9 Å². The summed E-state index contributed by atoms with van der Waals surface area (Å²) in [6.07, 6.45) is 6.26. The molecule has 10 nitrogen and oxygen atoms in total. The van der Waals surface area contributed by atoms with Crippen molar-refractivity contribution in [2.24, 2.45) is 12.8 Å². The fourth-order valence-electron chi connectivity index (χ4n) is 4.00. The average molecular weight is 472 g/mol. The highest BCUT2D eigenvalue weighted by molar-refractivity contribution is 7.11. The van der Waals surface area contributed by atoms with E-state index in [-0.39, 0.29) is 23.1 Å². The van der Waals surface area contributed by atoms with E-state index in [1.807, 2.05) is 25.2 Å². The molecule has 33 heavy (non-hydrogen) atoms. The van der Waals surface area contributed by atoms with Crippen molar-refractivity contribution in [1.29, 1.82) is 0 Å². The van der Waals surface area contributed by atoms with Crippen LogP contribution in [-0.4, -0.2) is 57.2 Å². The predicted octanol–water partition coefficient (Wildman–Crippen LogP) is 2.71. The van der Waals surface area contributed by atoms with Crippen LogP contribution in [0.25, 0.3) is 10.9 Å². The standard InChI is InChI=1S/C22H29N7O3S/c1-28-17-8-6-7-15(16(17)13-25-28)14-32-20-18(19(23)30)21(33-27-20)26-22(31)24-9-2-3-10-29-11-4-5-12-29/h6-8,13H,2-5,9-12,14H2,1H3,(H2,23,30)(H2,24,26,31). The van der Waals surface area contributed by atoms with Gasteiger partial charge in [0.15, 0.2) is 0 Å². The number of ether oxygens (including phenoxy) is 1. The third-order valence-corrected chi connectivity index (χ3v) is 6.51. The zero-order valence-electron chi connectivity index (χ0n) is 18.7. The van der Waals surface area contributed by atoms with Crippen molar-refractivity contribution in [3.8, 4) is 5.88 Å². The van der Waals surface area contributed by atoms with E-state index < -0.39 is 11.9 Å². The lowest BCUT2D eigenvalue weighted by Gasteiger charge is -2.14. The van der Waals surface area contributed by atoms with Crippen LogP contribution in [-0.2, 0) is 13.7 Å². The van der Waals surface area contributed by atoms with Crippen molar-refractivity contribution in [2.45, 2.75) is 32.3 Å². The van der Waals surface area contributed by atoms with Crippen LogP contribution in [0.4, 0.5) is 9.80 Å². The molecule has 0 atom stereocenters. The van der Waals surface area contributed by atoms with Crippen molar-refractivity contribution < 1.29 is 14.3 Å². The number of urea groups is 1. The summed E-state index contributed by atoms with van der Waals surface area (Å²) < 4.78 is 11.8. The number of benzene rings is 1. The topological polar surface area (TPSA) is 127 Å². The maximum atomic E-state index is 12.3. The summed E-state index contributed by atoms with van der Waals surface area (Å²) in [5, 5.41) is 11.0. The Morgan fingerprint density at radius 1 is 1.24 bits per heavy atom. The van der Waals surface area contributed by atoms with Crippen LogP contribution in [0.3, 0.4) is 0 Å². The predicted molar refractivity (Wildman–Crippen MR) is 128 cm³/mol. The molecule has 4 N–H and O–H groups in total. The average Bonchev–Trinajstić information content (AvgIpc) is 3.53. The molecule has 1 fully saturated rings. The van der Waals surface area contributed by atoms with Crippen molar-refractivity contribution in [2.75, 3.05) is 31.5 Å². The lowest BCUT2D eigenvalue weighted by Crippen LogP contribution is -2.30. The second-order valence-electron chi connectivity index (χ2n) is 8.10. The van der Waals surface area contributed by atoms with E-state index in [4.69, 9.17) is 10.5 Å². The Morgan fingerprint density at radius 3 is 2.85 bits per heavy atom. The number of aromatic nitrogens is 3. The molecule has 1 aliphatic heterocycles. The van der Waals surface area contributed by atoms with Gasteiger partial charge in [0, 0.05) is 24.5 Å². The van der Waals surface area contributed by atoms with Gasteiger partial charge in [-0.05, 0) is 62.9 Å². The minimum atomic E-state index is -0.709. The molecule has 3 amide bonds. The largest absolute Gasteiger partial charge is 0.472 e. The van der Waals surface area contributed by atoms with Gasteiger partial charge in [0.25, 0.3) is 5.91 Å². The molecule has 176 valence electrons. The summed E-state index contributed by atoms with van der Waals surface area (Å²) in [6.45, 7) is 4.17.